The highest BCUT2D eigenvalue weighted by Gasteiger charge is 2.40. The van der Waals surface area contributed by atoms with Crippen LogP contribution in [0.1, 0.15) is 28.9 Å². The highest BCUT2D eigenvalue weighted by Crippen LogP contribution is 2.27. The molecular formula is C18H19N3O2. The number of anilines is 1. The van der Waals surface area contributed by atoms with Crippen LogP contribution in [0.25, 0.3) is 0 Å². The van der Waals surface area contributed by atoms with Crippen molar-refractivity contribution in [3.05, 3.63) is 52.8 Å². The molecule has 0 bridgehead atoms. The van der Waals surface area contributed by atoms with Crippen molar-refractivity contribution in [3.63, 3.8) is 0 Å². The van der Waals surface area contributed by atoms with Crippen LogP contribution in [0.5, 0.6) is 0 Å². The lowest BCUT2D eigenvalue weighted by atomic mass is 9.97. The number of aryl methyl sites for hydroxylation is 3. The number of benzene rings is 1. The largest absolute Gasteiger partial charge is 0.274 e. The van der Waals surface area contributed by atoms with Crippen molar-refractivity contribution < 1.29 is 9.59 Å². The first-order valence-electron chi connectivity index (χ1n) is 7.68. The number of amides is 2. The van der Waals surface area contributed by atoms with Gasteiger partial charge in [-0.2, -0.15) is 0 Å². The zero-order valence-electron chi connectivity index (χ0n) is 13.5. The molecular weight excluding hydrogens is 290 g/mol. The van der Waals surface area contributed by atoms with Crippen LogP contribution in [-0.4, -0.2) is 21.8 Å². The van der Waals surface area contributed by atoms with Crippen LogP contribution < -0.4 is 4.90 Å². The van der Waals surface area contributed by atoms with Crippen LogP contribution in [0, 0.1) is 26.7 Å². The molecule has 1 aliphatic rings. The maximum atomic E-state index is 12.7. The van der Waals surface area contributed by atoms with Crippen molar-refractivity contribution in [2.24, 2.45) is 5.92 Å². The summed E-state index contributed by atoms with van der Waals surface area (Å²) in [5, 5.41) is 0. The second-order valence-electron chi connectivity index (χ2n) is 6.11. The Morgan fingerprint density at radius 3 is 2.43 bits per heavy atom. The fraction of sp³-hybridized carbons (Fsp3) is 0.333. The minimum Gasteiger partial charge on any atom is -0.274 e. The van der Waals surface area contributed by atoms with Gasteiger partial charge in [-0.25, -0.2) is 14.9 Å². The van der Waals surface area contributed by atoms with Crippen molar-refractivity contribution in [3.8, 4) is 0 Å². The average Bonchev–Trinajstić information content (AvgIpc) is 2.72. The first-order valence-corrected chi connectivity index (χ1v) is 7.68. The Labute approximate surface area is 135 Å². The maximum Gasteiger partial charge on any atom is 0.240 e. The molecule has 0 radical (unpaired) electrons. The third kappa shape index (κ3) is 3.13. The Kier molecular flexibility index (Phi) is 3.94. The van der Waals surface area contributed by atoms with Crippen molar-refractivity contribution >= 4 is 17.8 Å². The fourth-order valence-electron chi connectivity index (χ4n) is 3.00. The second kappa shape index (κ2) is 5.91. The summed E-state index contributed by atoms with van der Waals surface area (Å²) in [4.78, 5) is 34.6. The maximum absolute atomic E-state index is 12.7. The first-order chi connectivity index (χ1) is 10.9. The van der Waals surface area contributed by atoms with E-state index in [2.05, 4.69) is 9.97 Å². The van der Waals surface area contributed by atoms with Gasteiger partial charge in [0, 0.05) is 17.8 Å². The monoisotopic (exact) mass is 309 g/mol. The quantitative estimate of drug-likeness (QED) is 0.817. The summed E-state index contributed by atoms with van der Waals surface area (Å²) in [5.41, 5.74) is 3.71. The lowest BCUT2D eigenvalue weighted by Gasteiger charge is -2.14. The molecule has 23 heavy (non-hydrogen) atoms. The van der Waals surface area contributed by atoms with E-state index < -0.39 is 0 Å². The molecule has 1 fully saturated rings. The van der Waals surface area contributed by atoms with Crippen LogP contribution in [0.4, 0.5) is 5.95 Å². The molecule has 2 aromatic rings. The van der Waals surface area contributed by atoms with E-state index in [1.165, 1.54) is 0 Å². The molecule has 1 saturated heterocycles. The average molecular weight is 309 g/mol. The van der Waals surface area contributed by atoms with E-state index in [-0.39, 0.29) is 30.1 Å². The summed E-state index contributed by atoms with van der Waals surface area (Å²) in [5.74, 6) is -0.572. The molecule has 1 unspecified atom stereocenters. The molecule has 2 amide bonds. The number of carbonyl (C=O) groups is 2. The summed E-state index contributed by atoms with van der Waals surface area (Å²) < 4.78 is 0. The van der Waals surface area contributed by atoms with Gasteiger partial charge in [-0.3, -0.25) is 9.59 Å². The Hall–Kier alpha value is -2.56. The summed E-state index contributed by atoms with van der Waals surface area (Å²) in [7, 11) is 0. The molecule has 0 saturated carbocycles. The summed E-state index contributed by atoms with van der Waals surface area (Å²) in [6.45, 7) is 5.67. The van der Waals surface area contributed by atoms with Gasteiger partial charge in [-0.05, 0) is 38.8 Å². The third-order valence-electron chi connectivity index (χ3n) is 3.98. The van der Waals surface area contributed by atoms with Crippen molar-refractivity contribution in [1.29, 1.82) is 0 Å². The molecule has 0 spiro atoms. The molecule has 5 nitrogen and oxygen atoms in total. The van der Waals surface area contributed by atoms with Gasteiger partial charge in [0.05, 0.1) is 5.92 Å². The van der Waals surface area contributed by atoms with Crippen LogP contribution in [0.15, 0.2) is 30.3 Å². The van der Waals surface area contributed by atoms with E-state index in [0.717, 1.165) is 27.4 Å². The van der Waals surface area contributed by atoms with E-state index in [1.807, 2.05) is 51.1 Å². The molecule has 1 atom stereocenters. The third-order valence-corrected chi connectivity index (χ3v) is 3.98. The highest BCUT2D eigenvalue weighted by atomic mass is 16.2. The van der Waals surface area contributed by atoms with E-state index in [0.29, 0.717) is 6.42 Å². The number of nitrogens with zero attached hydrogens (tertiary/aromatic N) is 3. The minimum atomic E-state index is -0.339. The lowest BCUT2D eigenvalue weighted by molar-refractivity contribution is -0.122. The Bertz CT molecular complexity index is 765. The minimum absolute atomic E-state index is 0.198. The van der Waals surface area contributed by atoms with Gasteiger partial charge in [-0.1, -0.05) is 29.8 Å². The summed E-state index contributed by atoms with van der Waals surface area (Å²) in [6.07, 6.45) is 0.774. The van der Waals surface area contributed by atoms with Gasteiger partial charge >= 0.3 is 0 Å². The molecule has 5 heteroatoms. The predicted octanol–water partition coefficient (Wildman–Crippen LogP) is 2.52. The molecule has 2 heterocycles. The van der Waals surface area contributed by atoms with E-state index in [9.17, 15) is 9.59 Å². The van der Waals surface area contributed by atoms with Crippen molar-refractivity contribution in [2.75, 3.05) is 4.90 Å². The molecule has 0 aliphatic carbocycles. The summed E-state index contributed by atoms with van der Waals surface area (Å²) >= 11 is 0. The van der Waals surface area contributed by atoms with E-state index in [4.69, 9.17) is 0 Å². The molecule has 118 valence electrons. The first kappa shape index (κ1) is 15.3. The second-order valence-corrected chi connectivity index (χ2v) is 6.11. The molecule has 1 aromatic heterocycles. The fourth-order valence-corrected chi connectivity index (χ4v) is 3.00. The topological polar surface area (TPSA) is 63.2 Å². The van der Waals surface area contributed by atoms with E-state index >= 15 is 0 Å². The molecule has 1 aromatic carbocycles. The zero-order valence-corrected chi connectivity index (χ0v) is 13.5. The van der Waals surface area contributed by atoms with Gasteiger partial charge in [0.1, 0.15) is 0 Å². The lowest BCUT2D eigenvalue weighted by Crippen LogP contribution is -2.32. The number of imide groups is 1. The van der Waals surface area contributed by atoms with Gasteiger partial charge < -0.3 is 0 Å². The van der Waals surface area contributed by atoms with Gasteiger partial charge in [0.25, 0.3) is 0 Å². The van der Waals surface area contributed by atoms with E-state index in [1.54, 1.807) is 0 Å². The number of carbonyl (C=O) groups excluding carboxylic acids is 2. The normalized spacial score (nSPS) is 17.9. The van der Waals surface area contributed by atoms with Crippen LogP contribution in [-0.2, 0) is 16.0 Å². The van der Waals surface area contributed by atoms with Gasteiger partial charge in [-0.15, -0.1) is 0 Å². The summed E-state index contributed by atoms with van der Waals surface area (Å²) in [6, 6.07) is 9.84. The van der Waals surface area contributed by atoms with Crippen molar-refractivity contribution in [2.45, 2.75) is 33.6 Å². The van der Waals surface area contributed by atoms with Crippen molar-refractivity contribution in [1.82, 2.24) is 9.97 Å². The standard InChI is InChI=1S/C18H19N3O2/c1-11-5-4-6-14(7-11)9-15-10-16(22)21(17(15)23)18-19-12(2)8-13(3)20-18/h4-8,15H,9-10H2,1-3H3. The Morgan fingerprint density at radius 1 is 1.09 bits per heavy atom. The number of aromatic nitrogens is 2. The predicted molar refractivity (Wildman–Crippen MR) is 87.0 cm³/mol. The van der Waals surface area contributed by atoms with Crippen LogP contribution in [0.2, 0.25) is 0 Å². The van der Waals surface area contributed by atoms with Crippen LogP contribution in [0.3, 0.4) is 0 Å². The number of hydrogen-bond donors (Lipinski definition) is 0. The Balaban J connectivity index is 1.85. The zero-order chi connectivity index (χ0) is 16.6. The number of rotatable bonds is 3. The Morgan fingerprint density at radius 2 is 1.78 bits per heavy atom. The smallest absolute Gasteiger partial charge is 0.240 e. The molecule has 1 aliphatic heterocycles. The van der Waals surface area contributed by atoms with Gasteiger partial charge in [0.15, 0.2) is 0 Å². The highest BCUT2D eigenvalue weighted by molar-refractivity contribution is 6.20. The molecule has 3 rings (SSSR count). The SMILES string of the molecule is Cc1cccc(CC2CC(=O)N(c3nc(C)cc(C)n3)C2=O)c1. The number of hydrogen-bond acceptors (Lipinski definition) is 4. The molecule has 0 N–H and O–H groups in total. The van der Waals surface area contributed by atoms with Gasteiger partial charge in [0.2, 0.25) is 17.8 Å². The van der Waals surface area contributed by atoms with Crippen LogP contribution >= 0.6 is 0 Å².